The van der Waals surface area contributed by atoms with Crippen LogP contribution in [0.2, 0.25) is 0 Å². The van der Waals surface area contributed by atoms with Crippen molar-refractivity contribution in [3.8, 4) is 0 Å². The lowest BCUT2D eigenvalue weighted by atomic mass is 9.76. The number of nitrogens with one attached hydrogen (secondary N) is 1. The van der Waals surface area contributed by atoms with E-state index in [2.05, 4.69) is 36.5 Å². The van der Waals surface area contributed by atoms with Gasteiger partial charge in [0.1, 0.15) is 0 Å². The number of carbonyl (C=O) groups is 1. The first kappa shape index (κ1) is 18.0. The molecule has 1 N–H and O–H groups in total. The zero-order chi connectivity index (χ0) is 18.9. The summed E-state index contributed by atoms with van der Waals surface area (Å²) >= 11 is 0. The highest BCUT2D eigenvalue weighted by Crippen LogP contribution is 2.38. The van der Waals surface area contributed by atoms with Crippen LogP contribution in [0.1, 0.15) is 54.4 Å². The number of pyridine rings is 1. The molecule has 0 atom stereocenters. The summed E-state index contributed by atoms with van der Waals surface area (Å²) in [5, 5.41) is 3.08. The quantitative estimate of drug-likeness (QED) is 0.819. The standard InChI is InChI=1S/C22H26N2O3/c1-22(9-10-22)27-12-11-24-15-17(7-8-20(24)25)21(26)23-19-13-18(14-19)16-5-3-2-4-6-16/h2-8,15,18-19H,9-14H2,1H3,(H,23,26). The lowest BCUT2D eigenvalue weighted by molar-refractivity contribution is 0.0407. The maximum atomic E-state index is 12.5. The normalized spacial score (nSPS) is 22.7. The van der Waals surface area contributed by atoms with Crippen LogP contribution in [0.5, 0.6) is 0 Å². The molecule has 0 bridgehead atoms. The van der Waals surface area contributed by atoms with E-state index in [4.69, 9.17) is 4.74 Å². The van der Waals surface area contributed by atoms with Gasteiger partial charge in [0.05, 0.1) is 17.8 Å². The highest BCUT2D eigenvalue weighted by Gasteiger charge is 2.38. The third-order valence-corrected chi connectivity index (χ3v) is 5.73. The zero-order valence-electron chi connectivity index (χ0n) is 15.7. The van der Waals surface area contributed by atoms with E-state index in [0.717, 1.165) is 25.7 Å². The second kappa shape index (κ2) is 7.31. The zero-order valence-corrected chi connectivity index (χ0v) is 15.7. The minimum Gasteiger partial charge on any atom is -0.373 e. The Morgan fingerprint density at radius 2 is 1.93 bits per heavy atom. The summed E-state index contributed by atoms with van der Waals surface area (Å²) in [4.78, 5) is 24.6. The van der Waals surface area contributed by atoms with Crippen molar-refractivity contribution in [2.45, 2.75) is 56.7 Å². The molecule has 2 aromatic rings. The minimum absolute atomic E-state index is 0.00187. The molecule has 1 amide bonds. The minimum atomic E-state index is -0.115. The van der Waals surface area contributed by atoms with Crippen LogP contribution in [0.4, 0.5) is 0 Å². The van der Waals surface area contributed by atoms with Crippen molar-refractivity contribution < 1.29 is 9.53 Å². The van der Waals surface area contributed by atoms with E-state index in [0.29, 0.717) is 24.6 Å². The Morgan fingerprint density at radius 3 is 2.63 bits per heavy atom. The number of carbonyl (C=O) groups excluding carboxylic acids is 1. The van der Waals surface area contributed by atoms with Gasteiger partial charge >= 0.3 is 0 Å². The van der Waals surface area contributed by atoms with Crippen molar-refractivity contribution in [1.82, 2.24) is 9.88 Å². The molecule has 2 aliphatic rings. The van der Waals surface area contributed by atoms with Gasteiger partial charge in [0.2, 0.25) is 0 Å². The predicted octanol–water partition coefficient (Wildman–Crippen LogP) is 3.09. The first-order valence-electron chi connectivity index (χ1n) is 9.73. The maximum absolute atomic E-state index is 12.5. The molecule has 4 rings (SSSR count). The van der Waals surface area contributed by atoms with Crippen molar-refractivity contribution in [3.05, 3.63) is 70.1 Å². The third-order valence-electron chi connectivity index (χ3n) is 5.73. The smallest absolute Gasteiger partial charge is 0.252 e. The number of aromatic nitrogens is 1. The molecule has 2 fully saturated rings. The van der Waals surface area contributed by atoms with Crippen LogP contribution in [0.3, 0.4) is 0 Å². The van der Waals surface area contributed by atoms with Gasteiger partial charge in [-0.1, -0.05) is 30.3 Å². The number of amides is 1. The molecule has 1 heterocycles. The Bertz CT molecular complexity index is 865. The summed E-state index contributed by atoms with van der Waals surface area (Å²) in [5.74, 6) is 0.404. The van der Waals surface area contributed by atoms with Crippen molar-refractivity contribution in [1.29, 1.82) is 0 Å². The van der Waals surface area contributed by atoms with Crippen molar-refractivity contribution in [3.63, 3.8) is 0 Å². The molecule has 1 aromatic carbocycles. The highest BCUT2D eigenvalue weighted by atomic mass is 16.5. The Balaban J connectivity index is 1.31. The monoisotopic (exact) mass is 366 g/mol. The molecule has 0 unspecified atom stereocenters. The van der Waals surface area contributed by atoms with Crippen LogP contribution in [0.15, 0.2) is 53.5 Å². The molecule has 2 saturated carbocycles. The summed E-state index contributed by atoms with van der Waals surface area (Å²) in [7, 11) is 0. The fourth-order valence-electron chi connectivity index (χ4n) is 3.55. The number of hydrogen-bond acceptors (Lipinski definition) is 3. The molecule has 0 aliphatic heterocycles. The van der Waals surface area contributed by atoms with E-state index in [-0.39, 0.29) is 23.1 Å². The molecule has 142 valence electrons. The van der Waals surface area contributed by atoms with Gasteiger partial charge in [0.25, 0.3) is 11.5 Å². The molecule has 2 aliphatic carbocycles. The molecule has 5 nitrogen and oxygen atoms in total. The fourth-order valence-corrected chi connectivity index (χ4v) is 3.55. The van der Waals surface area contributed by atoms with Gasteiger partial charge in [-0.25, -0.2) is 0 Å². The van der Waals surface area contributed by atoms with Crippen molar-refractivity contribution >= 4 is 5.91 Å². The SMILES string of the molecule is CC1(OCCn2cc(C(=O)NC3CC(c4ccccc4)C3)ccc2=O)CC1. The van der Waals surface area contributed by atoms with E-state index in [1.807, 2.05) is 6.07 Å². The second-order valence-corrected chi connectivity index (χ2v) is 8.00. The second-order valence-electron chi connectivity index (χ2n) is 8.00. The van der Waals surface area contributed by atoms with E-state index in [1.165, 1.54) is 11.6 Å². The molecule has 0 radical (unpaired) electrons. The van der Waals surface area contributed by atoms with Gasteiger partial charge in [-0.05, 0) is 50.2 Å². The third kappa shape index (κ3) is 4.30. The van der Waals surface area contributed by atoms with E-state index < -0.39 is 0 Å². The average Bonchev–Trinajstić information content (AvgIpc) is 3.37. The maximum Gasteiger partial charge on any atom is 0.252 e. The van der Waals surface area contributed by atoms with Gasteiger partial charge < -0.3 is 14.6 Å². The molecule has 5 heteroatoms. The summed E-state index contributed by atoms with van der Waals surface area (Å²) in [6.07, 6.45) is 5.72. The van der Waals surface area contributed by atoms with Gasteiger partial charge in [0, 0.05) is 24.8 Å². The van der Waals surface area contributed by atoms with Crippen LogP contribution in [-0.4, -0.2) is 28.7 Å². The highest BCUT2D eigenvalue weighted by molar-refractivity contribution is 5.94. The predicted molar refractivity (Wildman–Crippen MR) is 104 cm³/mol. The topological polar surface area (TPSA) is 60.3 Å². The average molecular weight is 366 g/mol. The van der Waals surface area contributed by atoms with E-state index in [1.54, 1.807) is 16.8 Å². The summed E-state index contributed by atoms with van der Waals surface area (Å²) in [6.45, 7) is 3.04. The fraction of sp³-hybridized carbons (Fsp3) is 0.455. The number of benzene rings is 1. The van der Waals surface area contributed by atoms with Gasteiger partial charge in [0.15, 0.2) is 0 Å². The number of hydrogen-bond donors (Lipinski definition) is 1. The molecule has 0 saturated heterocycles. The lowest BCUT2D eigenvalue weighted by Crippen LogP contribution is -2.43. The number of ether oxygens (including phenoxy) is 1. The summed E-state index contributed by atoms with van der Waals surface area (Å²) in [5.41, 5.74) is 1.75. The van der Waals surface area contributed by atoms with Crippen molar-refractivity contribution in [2.75, 3.05) is 6.61 Å². The largest absolute Gasteiger partial charge is 0.373 e. The summed E-state index contributed by atoms with van der Waals surface area (Å²) in [6, 6.07) is 13.7. The van der Waals surface area contributed by atoms with Crippen LogP contribution in [0.25, 0.3) is 0 Å². The molecule has 27 heavy (non-hydrogen) atoms. The molecule has 0 spiro atoms. The Labute approximate surface area is 159 Å². The van der Waals surface area contributed by atoms with Crippen LogP contribution in [0, 0.1) is 0 Å². The lowest BCUT2D eigenvalue weighted by Gasteiger charge is -2.36. The van der Waals surface area contributed by atoms with E-state index in [9.17, 15) is 9.59 Å². The molecular formula is C22H26N2O3. The first-order chi connectivity index (χ1) is 13.0. The van der Waals surface area contributed by atoms with Crippen LogP contribution >= 0.6 is 0 Å². The Morgan fingerprint density at radius 1 is 1.19 bits per heavy atom. The first-order valence-corrected chi connectivity index (χ1v) is 9.73. The van der Waals surface area contributed by atoms with Crippen LogP contribution < -0.4 is 10.9 Å². The van der Waals surface area contributed by atoms with Crippen molar-refractivity contribution in [2.24, 2.45) is 0 Å². The Hall–Kier alpha value is -2.40. The molecular weight excluding hydrogens is 340 g/mol. The Kier molecular flexibility index (Phi) is 4.87. The van der Waals surface area contributed by atoms with Gasteiger partial charge in [-0.2, -0.15) is 0 Å². The molecule has 1 aromatic heterocycles. The summed E-state index contributed by atoms with van der Waals surface area (Å²) < 4.78 is 7.35. The number of nitrogens with zero attached hydrogens (tertiary/aromatic N) is 1. The van der Waals surface area contributed by atoms with Gasteiger partial charge in [-0.3, -0.25) is 9.59 Å². The van der Waals surface area contributed by atoms with Crippen LogP contribution in [-0.2, 0) is 11.3 Å². The van der Waals surface area contributed by atoms with E-state index >= 15 is 0 Å². The van der Waals surface area contributed by atoms with Gasteiger partial charge in [-0.15, -0.1) is 0 Å². The number of rotatable bonds is 7.